The predicted octanol–water partition coefficient (Wildman–Crippen LogP) is 6.14. The molecule has 0 aliphatic carbocycles. The van der Waals surface area contributed by atoms with Crippen LogP contribution in [0.2, 0.25) is 10.0 Å². The first-order valence-electron chi connectivity index (χ1n) is 8.73. The molecule has 0 aromatic heterocycles. The summed E-state index contributed by atoms with van der Waals surface area (Å²) in [6.07, 6.45) is 1.65. The third-order valence-electron chi connectivity index (χ3n) is 4.49. The molecule has 0 N–H and O–H groups in total. The van der Waals surface area contributed by atoms with Crippen molar-refractivity contribution in [3.05, 3.63) is 98.7 Å². The van der Waals surface area contributed by atoms with Crippen LogP contribution >= 0.6 is 23.2 Å². The standard InChI is InChI=1S/C23H14Cl2O4/c1-13-19(29-23(27)15-4-8-17(25)9-5-15)11-10-18-21(26)20(28-22(13)18)12-14-2-6-16(24)7-3-14/h2-12H,1H3/b20-12-. The molecule has 0 amide bonds. The number of hydrogen-bond donors (Lipinski definition) is 0. The molecule has 0 spiro atoms. The minimum atomic E-state index is -0.522. The van der Waals surface area contributed by atoms with Crippen LogP contribution in [-0.4, -0.2) is 11.8 Å². The number of benzene rings is 3. The summed E-state index contributed by atoms with van der Waals surface area (Å²) in [6.45, 7) is 1.74. The van der Waals surface area contributed by atoms with E-state index in [0.29, 0.717) is 38.2 Å². The summed E-state index contributed by atoms with van der Waals surface area (Å²) in [5, 5.41) is 1.14. The van der Waals surface area contributed by atoms with Crippen molar-refractivity contribution in [3.8, 4) is 11.5 Å². The lowest BCUT2D eigenvalue weighted by Gasteiger charge is -2.10. The number of allylic oxidation sites excluding steroid dienone is 1. The van der Waals surface area contributed by atoms with E-state index < -0.39 is 5.97 Å². The van der Waals surface area contributed by atoms with Crippen LogP contribution in [0.4, 0.5) is 0 Å². The average Bonchev–Trinajstić information content (AvgIpc) is 3.03. The Morgan fingerprint density at radius 1 is 0.931 bits per heavy atom. The van der Waals surface area contributed by atoms with Crippen LogP contribution in [-0.2, 0) is 0 Å². The van der Waals surface area contributed by atoms with Gasteiger partial charge in [-0.2, -0.15) is 0 Å². The van der Waals surface area contributed by atoms with E-state index >= 15 is 0 Å². The molecule has 3 aromatic rings. The highest BCUT2D eigenvalue weighted by atomic mass is 35.5. The van der Waals surface area contributed by atoms with Crippen LogP contribution in [0.15, 0.2) is 66.4 Å². The lowest BCUT2D eigenvalue weighted by molar-refractivity contribution is 0.0733. The Morgan fingerprint density at radius 2 is 1.55 bits per heavy atom. The van der Waals surface area contributed by atoms with Gasteiger partial charge in [0.25, 0.3) is 0 Å². The number of halogens is 2. The third kappa shape index (κ3) is 3.90. The summed E-state index contributed by atoms with van der Waals surface area (Å²) >= 11 is 11.7. The second-order valence-corrected chi connectivity index (χ2v) is 7.33. The van der Waals surface area contributed by atoms with Gasteiger partial charge in [0.05, 0.1) is 11.1 Å². The summed E-state index contributed by atoms with van der Waals surface area (Å²) in [5.41, 5.74) is 2.15. The number of rotatable bonds is 3. The Labute approximate surface area is 177 Å². The van der Waals surface area contributed by atoms with E-state index in [4.69, 9.17) is 32.7 Å². The molecule has 29 heavy (non-hydrogen) atoms. The van der Waals surface area contributed by atoms with Crippen molar-refractivity contribution in [1.29, 1.82) is 0 Å². The van der Waals surface area contributed by atoms with Crippen molar-refractivity contribution in [3.63, 3.8) is 0 Å². The number of fused-ring (bicyclic) bond motifs is 1. The second-order valence-electron chi connectivity index (χ2n) is 6.45. The number of carbonyl (C=O) groups is 2. The Kier molecular flexibility index (Phi) is 5.14. The van der Waals surface area contributed by atoms with Gasteiger partial charge in [0.1, 0.15) is 11.5 Å². The van der Waals surface area contributed by atoms with Gasteiger partial charge in [-0.25, -0.2) is 4.79 Å². The zero-order valence-corrected chi connectivity index (χ0v) is 16.8. The van der Waals surface area contributed by atoms with Crippen LogP contribution < -0.4 is 9.47 Å². The lowest BCUT2D eigenvalue weighted by atomic mass is 10.1. The second kappa shape index (κ2) is 7.74. The molecule has 1 aliphatic rings. The van der Waals surface area contributed by atoms with Gasteiger partial charge in [0.2, 0.25) is 5.78 Å². The molecule has 0 saturated heterocycles. The Balaban J connectivity index is 1.60. The van der Waals surface area contributed by atoms with Gasteiger partial charge in [-0.15, -0.1) is 0 Å². The number of ether oxygens (including phenoxy) is 2. The Bertz CT molecular complexity index is 1150. The normalized spacial score (nSPS) is 13.9. The first-order chi connectivity index (χ1) is 13.9. The van der Waals surface area contributed by atoms with Crippen molar-refractivity contribution in [2.45, 2.75) is 6.92 Å². The van der Waals surface area contributed by atoms with Gasteiger partial charge >= 0.3 is 5.97 Å². The van der Waals surface area contributed by atoms with Gasteiger partial charge in [0, 0.05) is 15.6 Å². The predicted molar refractivity (Wildman–Crippen MR) is 112 cm³/mol. The SMILES string of the molecule is Cc1c(OC(=O)c2ccc(Cl)cc2)ccc2c1O/C(=C\c1ccc(Cl)cc1)C2=O. The Hall–Kier alpha value is -3.08. The van der Waals surface area contributed by atoms with E-state index in [1.165, 1.54) is 0 Å². The lowest BCUT2D eigenvalue weighted by Crippen LogP contribution is -2.09. The molecule has 0 bridgehead atoms. The molecule has 0 fully saturated rings. The minimum absolute atomic E-state index is 0.201. The number of carbonyl (C=O) groups excluding carboxylic acids is 2. The van der Waals surface area contributed by atoms with Gasteiger partial charge < -0.3 is 9.47 Å². The number of hydrogen-bond acceptors (Lipinski definition) is 4. The zero-order valence-electron chi connectivity index (χ0n) is 15.2. The fourth-order valence-corrected chi connectivity index (χ4v) is 3.19. The first-order valence-corrected chi connectivity index (χ1v) is 9.49. The van der Waals surface area contributed by atoms with Crippen LogP contribution in [0.1, 0.15) is 31.8 Å². The molecule has 6 heteroatoms. The fraction of sp³-hybridized carbons (Fsp3) is 0.0435. The zero-order chi connectivity index (χ0) is 20.5. The van der Waals surface area contributed by atoms with Crippen molar-refractivity contribution in [1.82, 2.24) is 0 Å². The highest BCUT2D eigenvalue weighted by molar-refractivity contribution is 6.31. The number of Topliss-reactive ketones (excluding diaryl/α,β-unsaturated/α-hetero) is 1. The Morgan fingerprint density at radius 3 is 2.21 bits per heavy atom. The maximum absolute atomic E-state index is 12.7. The van der Waals surface area contributed by atoms with E-state index in [2.05, 4.69) is 0 Å². The minimum Gasteiger partial charge on any atom is -0.452 e. The number of esters is 1. The van der Waals surface area contributed by atoms with E-state index in [0.717, 1.165) is 5.56 Å². The smallest absolute Gasteiger partial charge is 0.343 e. The molecule has 4 nitrogen and oxygen atoms in total. The molecule has 3 aromatic carbocycles. The van der Waals surface area contributed by atoms with Crippen LogP contribution in [0.3, 0.4) is 0 Å². The van der Waals surface area contributed by atoms with Gasteiger partial charge in [-0.3, -0.25) is 4.79 Å². The molecular formula is C23H14Cl2O4. The number of ketones is 1. The van der Waals surface area contributed by atoms with E-state index in [1.807, 2.05) is 0 Å². The molecule has 1 aliphatic heterocycles. The largest absolute Gasteiger partial charge is 0.452 e. The molecule has 4 rings (SSSR count). The fourth-order valence-electron chi connectivity index (χ4n) is 2.93. The van der Waals surface area contributed by atoms with E-state index in [9.17, 15) is 9.59 Å². The van der Waals surface area contributed by atoms with Gasteiger partial charge in [0.15, 0.2) is 5.76 Å². The maximum atomic E-state index is 12.7. The van der Waals surface area contributed by atoms with Crippen LogP contribution in [0, 0.1) is 6.92 Å². The summed E-state index contributed by atoms with van der Waals surface area (Å²) in [6, 6.07) is 16.6. The van der Waals surface area contributed by atoms with Crippen LogP contribution in [0.5, 0.6) is 11.5 Å². The van der Waals surface area contributed by atoms with Crippen molar-refractivity contribution >= 4 is 41.0 Å². The molecule has 0 saturated carbocycles. The highest BCUT2D eigenvalue weighted by Gasteiger charge is 2.30. The monoisotopic (exact) mass is 424 g/mol. The van der Waals surface area contributed by atoms with E-state index in [-0.39, 0.29) is 11.5 Å². The quantitative estimate of drug-likeness (QED) is 0.288. The molecule has 0 radical (unpaired) electrons. The topological polar surface area (TPSA) is 52.6 Å². The van der Waals surface area contributed by atoms with E-state index in [1.54, 1.807) is 73.7 Å². The van der Waals surface area contributed by atoms with Crippen molar-refractivity contribution in [2.75, 3.05) is 0 Å². The summed E-state index contributed by atoms with van der Waals surface area (Å²) in [4.78, 5) is 25.0. The van der Waals surface area contributed by atoms with Crippen molar-refractivity contribution in [2.24, 2.45) is 0 Å². The maximum Gasteiger partial charge on any atom is 0.343 e. The van der Waals surface area contributed by atoms with Crippen LogP contribution in [0.25, 0.3) is 6.08 Å². The molecular weight excluding hydrogens is 411 g/mol. The molecule has 144 valence electrons. The van der Waals surface area contributed by atoms with Gasteiger partial charge in [-0.1, -0.05) is 35.3 Å². The highest BCUT2D eigenvalue weighted by Crippen LogP contribution is 2.39. The third-order valence-corrected chi connectivity index (χ3v) is 4.99. The molecule has 0 unspecified atom stereocenters. The summed E-state index contributed by atoms with van der Waals surface area (Å²) in [7, 11) is 0. The first kappa shape index (κ1) is 19.2. The van der Waals surface area contributed by atoms with Gasteiger partial charge in [-0.05, 0) is 67.1 Å². The molecule has 0 atom stereocenters. The molecule has 1 heterocycles. The summed E-state index contributed by atoms with van der Waals surface area (Å²) < 4.78 is 11.3. The van der Waals surface area contributed by atoms with Crippen molar-refractivity contribution < 1.29 is 19.1 Å². The average molecular weight is 425 g/mol. The summed E-state index contributed by atoms with van der Waals surface area (Å²) in [5.74, 6) is 0.159.